The van der Waals surface area contributed by atoms with Crippen molar-refractivity contribution < 1.29 is 0 Å². The van der Waals surface area contributed by atoms with E-state index >= 15 is 0 Å². The predicted octanol–water partition coefficient (Wildman–Crippen LogP) is 3.72. The third-order valence-corrected chi connectivity index (χ3v) is 3.16. The van der Waals surface area contributed by atoms with Crippen LogP contribution in [0.5, 0.6) is 0 Å². The summed E-state index contributed by atoms with van der Waals surface area (Å²) in [6.07, 6.45) is 1.55. The molecule has 0 saturated heterocycles. The van der Waals surface area contributed by atoms with Crippen molar-refractivity contribution in [1.29, 1.82) is 10.5 Å². The molecule has 0 unspecified atom stereocenters. The Hall–Kier alpha value is -3.37. The van der Waals surface area contributed by atoms with Crippen LogP contribution in [-0.2, 0) is 0 Å². The molecule has 1 aromatic heterocycles. The molecule has 0 atom stereocenters. The molecule has 0 spiro atoms. The molecule has 2 aromatic carbocycles. The Labute approximate surface area is 121 Å². The van der Waals surface area contributed by atoms with Crippen molar-refractivity contribution in [2.45, 2.75) is 0 Å². The SMILES string of the molecule is N#Cc1cccc(Nc2c(C#N)cnc3ccccc23)c1. The maximum Gasteiger partial charge on any atom is 0.103 e. The van der Waals surface area contributed by atoms with Gasteiger partial charge in [0.15, 0.2) is 0 Å². The molecule has 1 N–H and O–H groups in total. The van der Waals surface area contributed by atoms with E-state index in [1.165, 1.54) is 0 Å². The van der Waals surface area contributed by atoms with Gasteiger partial charge in [-0.1, -0.05) is 24.3 Å². The lowest BCUT2D eigenvalue weighted by Crippen LogP contribution is -1.97. The molecule has 21 heavy (non-hydrogen) atoms. The van der Waals surface area contributed by atoms with Gasteiger partial charge in [0.1, 0.15) is 6.07 Å². The Balaban J connectivity index is 2.15. The van der Waals surface area contributed by atoms with Crippen LogP contribution < -0.4 is 5.32 Å². The van der Waals surface area contributed by atoms with Crippen LogP contribution in [0, 0.1) is 22.7 Å². The highest BCUT2D eigenvalue weighted by atomic mass is 14.9. The highest BCUT2D eigenvalue weighted by molar-refractivity contribution is 5.95. The maximum atomic E-state index is 9.27. The summed E-state index contributed by atoms with van der Waals surface area (Å²) < 4.78 is 0. The minimum absolute atomic E-state index is 0.469. The number of pyridine rings is 1. The zero-order valence-electron chi connectivity index (χ0n) is 11.0. The molecular formula is C17H10N4. The summed E-state index contributed by atoms with van der Waals surface area (Å²) in [4.78, 5) is 4.27. The fourth-order valence-corrected chi connectivity index (χ4v) is 2.17. The zero-order chi connectivity index (χ0) is 14.7. The molecule has 3 aromatic rings. The fourth-order valence-electron chi connectivity index (χ4n) is 2.17. The molecule has 0 bridgehead atoms. The highest BCUT2D eigenvalue weighted by Crippen LogP contribution is 2.28. The Kier molecular flexibility index (Phi) is 3.21. The molecule has 1 heterocycles. The first-order valence-corrected chi connectivity index (χ1v) is 6.37. The van der Waals surface area contributed by atoms with Crippen LogP contribution in [0.2, 0.25) is 0 Å². The number of nitrogens with one attached hydrogen (secondary N) is 1. The summed E-state index contributed by atoms with van der Waals surface area (Å²) in [6.45, 7) is 0. The number of para-hydroxylation sites is 1. The molecule has 0 saturated carbocycles. The second kappa shape index (κ2) is 5.32. The van der Waals surface area contributed by atoms with Crippen molar-refractivity contribution >= 4 is 22.3 Å². The van der Waals surface area contributed by atoms with Crippen molar-refractivity contribution in [2.75, 3.05) is 5.32 Å². The third kappa shape index (κ3) is 2.39. The predicted molar refractivity (Wildman–Crippen MR) is 80.9 cm³/mol. The minimum atomic E-state index is 0.469. The monoisotopic (exact) mass is 270 g/mol. The Morgan fingerprint density at radius 2 is 1.81 bits per heavy atom. The number of rotatable bonds is 2. The van der Waals surface area contributed by atoms with Gasteiger partial charge in [-0.05, 0) is 24.3 Å². The van der Waals surface area contributed by atoms with E-state index in [4.69, 9.17) is 5.26 Å². The summed E-state index contributed by atoms with van der Waals surface area (Å²) in [7, 11) is 0. The van der Waals surface area contributed by atoms with Gasteiger partial charge in [0.25, 0.3) is 0 Å². The van der Waals surface area contributed by atoms with E-state index in [9.17, 15) is 5.26 Å². The number of aromatic nitrogens is 1. The Bertz CT molecular complexity index is 901. The van der Waals surface area contributed by atoms with Gasteiger partial charge in [-0.15, -0.1) is 0 Å². The van der Waals surface area contributed by atoms with E-state index < -0.39 is 0 Å². The molecule has 3 rings (SSSR count). The first-order valence-electron chi connectivity index (χ1n) is 6.37. The van der Waals surface area contributed by atoms with Gasteiger partial charge >= 0.3 is 0 Å². The summed E-state index contributed by atoms with van der Waals surface area (Å²) in [5, 5.41) is 22.3. The van der Waals surface area contributed by atoms with Crippen LogP contribution in [0.1, 0.15) is 11.1 Å². The fraction of sp³-hybridized carbons (Fsp3) is 0. The second-order valence-electron chi connectivity index (χ2n) is 4.49. The lowest BCUT2D eigenvalue weighted by Gasteiger charge is -2.11. The Morgan fingerprint density at radius 3 is 2.62 bits per heavy atom. The first kappa shape index (κ1) is 12.7. The van der Waals surface area contributed by atoms with Gasteiger partial charge in [0.05, 0.1) is 28.4 Å². The number of fused-ring (bicyclic) bond motifs is 1. The Morgan fingerprint density at radius 1 is 0.952 bits per heavy atom. The van der Waals surface area contributed by atoms with Crippen LogP contribution >= 0.6 is 0 Å². The van der Waals surface area contributed by atoms with Gasteiger partial charge in [0.2, 0.25) is 0 Å². The smallest absolute Gasteiger partial charge is 0.103 e. The standard InChI is InChI=1S/C17H10N4/c18-9-12-4-3-5-14(8-12)21-17-13(10-19)11-20-16-7-2-1-6-15(16)17/h1-8,11H,(H,20,21). The van der Waals surface area contributed by atoms with E-state index in [-0.39, 0.29) is 0 Å². The van der Waals surface area contributed by atoms with Gasteiger partial charge in [-0.3, -0.25) is 4.98 Å². The number of benzene rings is 2. The summed E-state index contributed by atoms with van der Waals surface area (Å²) in [5.74, 6) is 0. The molecule has 0 radical (unpaired) electrons. The number of hydrogen-bond acceptors (Lipinski definition) is 4. The third-order valence-electron chi connectivity index (χ3n) is 3.16. The van der Waals surface area contributed by atoms with Crippen molar-refractivity contribution in [1.82, 2.24) is 4.98 Å². The number of hydrogen-bond donors (Lipinski definition) is 1. The van der Waals surface area contributed by atoms with Crippen LogP contribution in [0.4, 0.5) is 11.4 Å². The van der Waals surface area contributed by atoms with E-state index in [0.29, 0.717) is 16.8 Å². The zero-order valence-corrected chi connectivity index (χ0v) is 11.0. The van der Waals surface area contributed by atoms with Crippen molar-refractivity contribution in [3.63, 3.8) is 0 Å². The van der Waals surface area contributed by atoms with Gasteiger partial charge < -0.3 is 5.32 Å². The number of nitriles is 2. The molecule has 4 nitrogen and oxygen atoms in total. The minimum Gasteiger partial charge on any atom is -0.354 e. The van der Waals surface area contributed by atoms with Crippen LogP contribution in [0.3, 0.4) is 0 Å². The molecule has 0 fully saturated rings. The summed E-state index contributed by atoms with van der Waals surface area (Å²) in [6, 6.07) is 19.0. The normalized spacial score (nSPS) is 9.81. The lowest BCUT2D eigenvalue weighted by atomic mass is 10.1. The van der Waals surface area contributed by atoms with Crippen LogP contribution in [0.25, 0.3) is 10.9 Å². The van der Waals surface area contributed by atoms with Crippen molar-refractivity contribution in [3.05, 3.63) is 65.9 Å². The molecular weight excluding hydrogens is 260 g/mol. The largest absolute Gasteiger partial charge is 0.354 e. The molecule has 98 valence electrons. The van der Waals surface area contributed by atoms with Crippen molar-refractivity contribution in [2.24, 2.45) is 0 Å². The first-order chi connectivity index (χ1) is 10.3. The average Bonchev–Trinajstić information content (AvgIpc) is 2.55. The molecule has 0 amide bonds. The van der Waals surface area contributed by atoms with E-state index in [2.05, 4.69) is 22.4 Å². The van der Waals surface area contributed by atoms with Gasteiger partial charge in [-0.2, -0.15) is 10.5 Å². The quantitative estimate of drug-likeness (QED) is 0.770. The lowest BCUT2D eigenvalue weighted by molar-refractivity contribution is 1.36. The summed E-state index contributed by atoms with van der Waals surface area (Å²) >= 11 is 0. The summed E-state index contributed by atoms with van der Waals surface area (Å²) in [5.41, 5.74) is 3.32. The highest BCUT2D eigenvalue weighted by Gasteiger charge is 2.09. The topological polar surface area (TPSA) is 72.5 Å². The maximum absolute atomic E-state index is 9.27. The average molecular weight is 270 g/mol. The van der Waals surface area contributed by atoms with E-state index in [0.717, 1.165) is 16.6 Å². The van der Waals surface area contributed by atoms with Crippen molar-refractivity contribution in [3.8, 4) is 12.1 Å². The van der Waals surface area contributed by atoms with Gasteiger partial charge in [-0.25, -0.2) is 0 Å². The number of anilines is 2. The number of nitrogens with zero attached hydrogens (tertiary/aromatic N) is 3. The molecule has 0 aliphatic rings. The van der Waals surface area contributed by atoms with Crippen LogP contribution in [-0.4, -0.2) is 4.98 Å². The molecule has 4 heteroatoms. The molecule has 0 aliphatic carbocycles. The van der Waals surface area contributed by atoms with Crippen LogP contribution in [0.15, 0.2) is 54.7 Å². The van der Waals surface area contributed by atoms with E-state index in [1.54, 1.807) is 24.4 Å². The van der Waals surface area contributed by atoms with E-state index in [1.807, 2.05) is 30.3 Å². The molecule has 0 aliphatic heterocycles. The van der Waals surface area contributed by atoms with Gasteiger partial charge in [0, 0.05) is 17.3 Å². The second-order valence-corrected chi connectivity index (χ2v) is 4.49.